The summed E-state index contributed by atoms with van der Waals surface area (Å²) in [5.41, 5.74) is 13.2. The Morgan fingerprint density at radius 3 is 2.15 bits per heavy atom. The van der Waals surface area contributed by atoms with E-state index in [4.69, 9.17) is 15.0 Å². The number of thiophene rings is 1. The molecule has 5 heteroatoms. The molecule has 4 nitrogen and oxygen atoms in total. The van der Waals surface area contributed by atoms with Crippen molar-refractivity contribution in [1.29, 1.82) is 0 Å². The van der Waals surface area contributed by atoms with Gasteiger partial charge in [0.25, 0.3) is 0 Å². The van der Waals surface area contributed by atoms with Crippen molar-refractivity contribution in [3.63, 3.8) is 0 Å². The predicted molar refractivity (Wildman–Crippen MR) is 231 cm³/mol. The van der Waals surface area contributed by atoms with Gasteiger partial charge >= 0.3 is 0 Å². The Labute approximate surface area is 321 Å². The molecule has 258 valence electrons. The van der Waals surface area contributed by atoms with Crippen LogP contribution in [-0.4, -0.2) is 19.5 Å². The largest absolute Gasteiger partial charge is 0.309 e. The monoisotopic (exact) mass is 720 g/mol. The highest BCUT2D eigenvalue weighted by Gasteiger charge is 2.35. The van der Waals surface area contributed by atoms with Crippen LogP contribution in [0.3, 0.4) is 0 Å². The molecule has 1 aliphatic carbocycles. The minimum Gasteiger partial charge on any atom is -0.309 e. The Morgan fingerprint density at radius 2 is 1.27 bits per heavy atom. The van der Waals surface area contributed by atoms with Gasteiger partial charge in [0.15, 0.2) is 5.82 Å². The van der Waals surface area contributed by atoms with E-state index in [-0.39, 0.29) is 5.41 Å². The van der Waals surface area contributed by atoms with E-state index >= 15 is 0 Å². The van der Waals surface area contributed by atoms with E-state index in [0.717, 1.165) is 33.5 Å². The Kier molecular flexibility index (Phi) is 6.24. The molecule has 0 radical (unpaired) electrons. The summed E-state index contributed by atoms with van der Waals surface area (Å²) >= 11 is 1.90. The molecule has 0 saturated heterocycles. The quantitative estimate of drug-likeness (QED) is 0.182. The Morgan fingerprint density at radius 1 is 0.564 bits per heavy atom. The molecule has 0 aliphatic heterocycles. The molecule has 12 rings (SSSR count). The Hall–Kier alpha value is -6.69. The number of para-hydroxylation sites is 1. The molecular formula is C50H32N4S. The van der Waals surface area contributed by atoms with Gasteiger partial charge in [-0.2, -0.15) is 0 Å². The van der Waals surface area contributed by atoms with Crippen LogP contribution in [0.2, 0.25) is 0 Å². The molecule has 0 unspecified atom stereocenters. The maximum atomic E-state index is 5.27. The molecule has 0 amide bonds. The van der Waals surface area contributed by atoms with Gasteiger partial charge in [0, 0.05) is 64.8 Å². The molecule has 4 aromatic heterocycles. The summed E-state index contributed by atoms with van der Waals surface area (Å²) in [5, 5.41) is 7.78. The third-order valence-electron chi connectivity index (χ3n) is 11.8. The fourth-order valence-corrected chi connectivity index (χ4v) is 10.6. The van der Waals surface area contributed by atoms with Crippen molar-refractivity contribution in [3.05, 3.63) is 169 Å². The van der Waals surface area contributed by atoms with E-state index in [9.17, 15) is 0 Å². The highest BCUT2D eigenvalue weighted by molar-refractivity contribution is 7.27. The highest BCUT2D eigenvalue weighted by atomic mass is 32.1. The first-order valence-electron chi connectivity index (χ1n) is 18.8. The molecule has 0 saturated carbocycles. The lowest BCUT2D eigenvalue weighted by Crippen LogP contribution is -2.15. The third-order valence-corrected chi connectivity index (χ3v) is 13.0. The number of benzene rings is 7. The van der Waals surface area contributed by atoms with Crippen LogP contribution in [0.1, 0.15) is 25.0 Å². The van der Waals surface area contributed by atoms with Crippen molar-refractivity contribution in [2.45, 2.75) is 19.3 Å². The van der Waals surface area contributed by atoms with E-state index in [2.05, 4.69) is 158 Å². The minimum atomic E-state index is -0.113. The zero-order valence-corrected chi connectivity index (χ0v) is 31.0. The lowest BCUT2D eigenvalue weighted by Gasteiger charge is -2.22. The molecule has 0 N–H and O–H groups in total. The fraction of sp³-hybridized carbons (Fsp3) is 0.0600. The topological polar surface area (TPSA) is 43.6 Å². The van der Waals surface area contributed by atoms with Crippen molar-refractivity contribution < 1.29 is 0 Å². The Balaban J connectivity index is 1.04. The van der Waals surface area contributed by atoms with Crippen molar-refractivity contribution in [2.75, 3.05) is 0 Å². The fourth-order valence-electron chi connectivity index (χ4n) is 9.30. The second-order valence-corrected chi connectivity index (χ2v) is 16.2. The Bertz CT molecular complexity index is 3410. The number of hydrogen-bond acceptors (Lipinski definition) is 4. The average molecular weight is 721 g/mol. The predicted octanol–water partition coefficient (Wildman–Crippen LogP) is 13.3. The summed E-state index contributed by atoms with van der Waals surface area (Å²) in [4.78, 5) is 15.1. The van der Waals surface area contributed by atoms with Gasteiger partial charge in [-0.15, -0.1) is 11.3 Å². The first kappa shape index (κ1) is 30.7. The summed E-state index contributed by atoms with van der Waals surface area (Å²) in [6.07, 6.45) is 1.83. The van der Waals surface area contributed by atoms with E-state index in [0.29, 0.717) is 5.82 Å². The number of hydrogen-bond donors (Lipinski definition) is 0. The standard InChI is InChI=1S/C50H32N4S/c1-50(2)38-17-8-5-12-32(38)33-26-23-30(28-39(33)50)45-46-40(18-11-27-51-46)52-49(53-45)29-21-24-31(25-22-29)54-41-19-9-6-15-36(41)44-47(54)35-14-4-3-13-34(35)43-37-16-7-10-20-42(37)55-48(43)44/h3-28H,1-2H3. The second-order valence-electron chi connectivity index (χ2n) is 15.2. The summed E-state index contributed by atoms with van der Waals surface area (Å²) in [7, 11) is 0. The number of fused-ring (bicyclic) bond motifs is 14. The van der Waals surface area contributed by atoms with Crippen molar-refractivity contribution in [3.8, 4) is 39.5 Å². The van der Waals surface area contributed by atoms with E-state index in [1.54, 1.807) is 0 Å². The zero-order valence-electron chi connectivity index (χ0n) is 30.2. The van der Waals surface area contributed by atoms with Crippen LogP contribution < -0.4 is 0 Å². The summed E-state index contributed by atoms with van der Waals surface area (Å²) < 4.78 is 5.10. The number of nitrogens with zero attached hydrogens (tertiary/aromatic N) is 4. The SMILES string of the molecule is CC1(C)c2ccccc2-c2ccc(-c3nc(-c4ccc(-n5c6ccccc6c6c7sc8ccccc8c7c7ccccc7c65)cc4)nc4cccnc34)cc21. The summed E-state index contributed by atoms with van der Waals surface area (Å²) in [5.74, 6) is 0.685. The van der Waals surface area contributed by atoms with E-state index in [1.807, 2.05) is 29.7 Å². The molecule has 4 heterocycles. The lowest BCUT2D eigenvalue weighted by molar-refractivity contribution is 0.660. The van der Waals surface area contributed by atoms with Gasteiger partial charge in [0.05, 0.1) is 16.6 Å². The third kappa shape index (κ3) is 4.24. The molecule has 0 bridgehead atoms. The average Bonchev–Trinajstić information content (AvgIpc) is 3.87. The molecular weight excluding hydrogens is 689 g/mol. The molecule has 0 spiro atoms. The molecule has 0 fully saturated rings. The lowest BCUT2D eigenvalue weighted by atomic mass is 9.82. The van der Waals surface area contributed by atoms with Crippen LogP contribution in [0, 0.1) is 0 Å². The smallest absolute Gasteiger partial charge is 0.160 e. The van der Waals surface area contributed by atoms with Crippen molar-refractivity contribution in [2.24, 2.45) is 0 Å². The number of rotatable bonds is 3. The maximum Gasteiger partial charge on any atom is 0.160 e. The second kappa shape index (κ2) is 11.2. The molecule has 1 aliphatic rings. The first-order valence-corrected chi connectivity index (χ1v) is 19.6. The highest BCUT2D eigenvalue weighted by Crippen LogP contribution is 2.50. The van der Waals surface area contributed by atoms with Crippen molar-refractivity contribution in [1.82, 2.24) is 19.5 Å². The van der Waals surface area contributed by atoms with Gasteiger partial charge in [-0.1, -0.05) is 111 Å². The zero-order chi connectivity index (χ0) is 36.4. The number of pyridine rings is 1. The molecule has 11 aromatic rings. The van der Waals surface area contributed by atoms with Crippen molar-refractivity contribution >= 4 is 75.1 Å². The summed E-state index contributed by atoms with van der Waals surface area (Å²) in [6, 6.07) is 54.8. The van der Waals surface area contributed by atoms with Crippen LogP contribution in [0.5, 0.6) is 0 Å². The van der Waals surface area contributed by atoms with Gasteiger partial charge in [-0.25, -0.2) is 9.97 Å². The van der Waals surface area contributed by atoms with Crippen LogP contribution in [0.4, 0.5) is 0 Å². The first-order chi connectivity index (χ1) is 27.0. The molecule has 7 aromatic carbocycles. The van der Waals surface area contributed by atoms with Crippen LogP contribution in [0.15, 0.2) is 158 Å². The number of aromatic nitrogens is 4. The van der Waals surface area contributed by atoms with Gasteiger partial charge in [-0.05, 0) is 82.2 Å². The van der Waals surface area contributed by atoms with Crippen LogP contribution in [-0.2, 0) is 5.41 Å². The van der Waals surface area contributed by atoms with E-state index < -0.39 is 0 Å². The molecule has 55 heavy (non-hydrogen) atoms. The minimum absolute atomic E-state index is 0.113. The normalized spacial score (nSPS) is 13.4. The van der Waals surface area contributed by atoms with E-state index in [1.165, 1.54) is 75.0 Å². The maximum absolute atomic E-state index is 5.27. The van der Waals surface area contributed by atoms with Gasteiger partial charge in [0.2, 0.25) is 0 Å². The molecule has 0 atom stereocenters. The van der Waals surface area contributed by atoms with Gasteiger partial charge in [-0.3, -0.25) is 4.98 Å². The van der Waals surface area contributed by atoms with Gasteiger partial charge in [0.1, 0.15) is 11.2 Å². The summed E-state index contributed by atoms with van der Waals surface area (Å²) in [6.45, 7) is 4.63. The van der Waals surface area contributed by atoms with Crippen LogP contribution >= 0.6 is 11.3 Å². The van der Waals surface area contributed by atoms with Crippen LogP contribution in [0.25, 0.3) is 103 Å². The van der Waals surface area contributed by atoms with Gasteiger partial charge < -0.3 is 4.57 Å².